The molecular weight excluding hydrogens is 468 g/mol. The molecule has 37 heavy (non-hydrogen) atoms. The number of rotatable bonds is 10. The van der Waals surface area contributed by atoms with E-state index >= 15 is 0 Å². The van der Waals surface area contributed by atoms with Crippen LogP contribution in [0.4, 0.5) is 17.1 Å². The molecule has 0 fully saturated rings. The van der Waals surface area contributed by atoms with Crippen molar-refractivity contribution in [3.05, 3.63) is 109 Å². The number of hydrogen-bond donors (Lipinski definition) is 1. The van der Waals surface area contributed by atoms with E-state index in [1.807, 2.05) is 31.2 Å². The van der Waals surface area contributed by atoms with E-state index in [9.17, 15) is 20.2 Å². The topological polar surface area (TPSA) is 111 Å². The Morgan fingerprint density at radius 2 is 1.65 bits per heavy atom. The Labute approximate surface area is 218 Å². The number of nitrogens with zero attached hydrogens (tertiary/aromatic N) is 3. The number of nitro groups is 2. The molecule has 1 aliphatic rings. The maximum absolute atomic E-state index is 11.2. The highest BCUT2D eigenvalue weighted by Crippen LogP contribution is 2.40. The number of benzene rings is 1. The molecule has 196 valence electrons. The minimum Gasteiger partial charge on any atom is -0.271 e. The monoisotopic (exact) mass is 504 g/mol. The van der Waals surface area contributed by atoms with E-state index in [1.54, 1.807) is 13.0 Å². The molecule has 8 heteroatoms. The Bertz CT molecular complexity index is 1240. The summed E-state index contributed by atoms with van der Waals surface area (Å²) in [5.41, 5.74) is 7.89. The van der Waals surface area contributed by atoms with Gasteiger partial charge in [-0.2, -0.15) is 5.10 Å². The molecule has 1 aromatic carbocycles. The number of anilines is 1. The van der Waals surface area contributed by atoms with Gasteiger partial charge in [-0.05, 0) is 70.1 Å². The number of hydrogen-bond acceptors (Lipinski definition) is 6. The Kier molecular flexibility index (Phi) is 10.5. The van der Waals surface area contributed by atoms with E-state index in [0.29, 0.717) is 5.71 Å². The summed E-state index contributed by atoms with van der Waals surface area (Å²) in [6.07, 6.45) is 19.7. The second kappa shape index (κ2) is 13.3. The molecule has 0 spiro atoms. The van der Waals surface area contributed by atoms with Gasteiger partial charge in [-0.1, -0.05) is 73.1 Å². The number of hydrazone groups is 1. The van der Waals surface area contributed by atoms with Crippen LogP contribution in [0.2, 0.25) is 0 Å². The molecule has 0 aliphatic heterocycles. The van der Waals surface area contributed by atoms with Crippen molar-refractivity contribution in [2.45, 2.75) is 60.8 Å². The molecule has 0 aromatic heterocycles. The Hall–Kier alpha value is -4.07. The molecule has 1 N–H and O–H groups in total. The number of allylic oxidation sites excluding steroid dienone is 12. The molecule has 0 saturated carbocycles. The van der Waals surface area contributed by atoms with Gasteiger partial charge in [0.1, 0.15) is 5.69 Å². The standard InChI is InChI=1S/C29H36N4O4/c1-21(10-7-11-22(2)15-17-26-23(3)13-9-19-29(26,5)6)12-8-14-24(4)30-31-27-18-16-25(32(34)35)20-28(27)33(36)37/h7-8,10-12,14-18,20,31H,9,13,19H2,1-6H3/b10-7+,14-8+,17-15+,21-12+,22-11+,30-24+. The molecule has 2 rings (SSSR count). The van der Waals surface area contributed by atoms with Crippen LogP contribution in [0.1, 0.15) is 60.8 Å². The van der Waals surface area contributed by atoms with Crippen molar-refractivity contribution in [1.29, 1.82) is 0 Å². The van der Waals surface area contributed by atoms with Gasteiger partial charge in [0, 0.05) is 6.07 Å². The zero-order chi connectivity index (χ0) is 27.6. The van der Waals surface area contributed by atoms with Crippen LogP contribution in [-0.4, -0.2) is 15.6 Å². The third-order valence-corrected chi connectivity index (χ3v) is 6.21. The summed E-state index contributed by atoms with van der Waals surface area (Å²) in [5.74, 6) is 0. The van der Waals surface area contributed by atoms with Crippen molar-refractivity contribution in [2.24, 2.45) is 10.5 Å². The van der Waals surface area contributed by atoms with Crippen LogP contribution in [0.15, 0.2) is 94.2 Å². The average Bonchev–Trinajstić information content (AvgIpc) is 2.81. The summed E-state index contributed by atoms with van der Waals surface area (Å²) in [6.45, 7) is 12.7. The largest absolute Gasteiger partial charge is 0.301 e. The fraction of sp³-hybridized carbons (Fsp3) is 0.345. The first-order chi connectivity index (χ1) is 17.4. The molecule has 0 bridgehead atoms. The van der Waals surface area contributed by atoms with E-state index in [-0.39, 0.29) is 16.8 Å². The smallest absolute Gasteiger partial charge is 0.271 e. The number of nitro benzene ring substituents is 2. The van der Waals surface area contributed by atoms with E-state index in [2.05, 4.69) is 56.5 Å². The second-order valence-corrected chi connectivity index (χ2v) is 9.89. The van der Waals surface area contributed by atoms with Gasteiger partial charge < -0.3 is 0 Å². The molecule has 1 aromatic rings. The van der Waals surface area contributed by atoms with Crippen molar-refractivity contribution >= 4 is 22.8 Å². The molecule has 0 amide bonds. The van der Waals surface area contributed by atoms with Gasteiger partial charge in [-0.3, -0.25) is 25.7 Å². The molecule has 0 unspecified atom stereocenters. The van der Waals surface area contributed by atoms with Gasteiger partial charge in [-0.25, -0.2) is 0 Å². The van der Waals surface area contributed by atoms with Crippen LogP contribution in [0, 0.1) is 25.6 Å². The molecule has 8 nitrogen and oxygen atoms in total. The SMILES string of the molecule is CC1=C(/C=C/C(C)=C/C=C/C(C)=C/C=C/C(C)=N/Nc2ccc([N+](=O)[O-])cc2[N+](=O)[O-])C(C)(C)CCC1. The first-order valence-electron chi connectivity index (χ1n) is 12.2. The number of nitrogens with one attached hydrogen (secondary N) is 1. The first-order valence-corrected chi connectivity index (χ1v) is 12.2. The Morgan fingerprint density at radius 1 is 1.00 bits per heavy atom. The predicted octanol–water partition coefficient (Wildman–Crippen LogP) is 8.38. The summed E-state index contributed by atoms with van der Waals surface area (Å²) >= 11 is 0. The van der Waals surface area contributed by atoms with Crippen LogP contribution in [0.5, 0.6) is 0 Å². The molecule has 0 atom stereocenters. The summed E-state index contributed by atoms with van der Waals surface area (Å²) in [7, 11) is 0. The lowest BCUT2D eigenvalue weighted by atomic mass is 9.72. The van der Waals surface area contributed by atoms with Crippen LogP contribution >= 0.6 is 0 Å². The van der Waals surface area contributed by atoms with E-state index < -0.39 is 15.5 Å². The maximum atomic E-state index is 11.2. The molecule has 0 saturated heterocycles. The van der Waals surface area contributed by atoms with Crippen molar-refractivity contribution in [3.8, 4) is 0 Å². The van der Waals surface area contributed by atoms with Gasteiger partial charge in [0.15, 0.2) is 0 Å². The molecule has 0 heterocycles. The van der Waals surface area contributed by atoms with Crippen LogP contribution in [0.3, 0.4) is 0 Å². The van der Waals surface area contributed by atoms with Crippen LogP contribution in [0.25, 0.3) is 0 Å². The van der Waals surface area contributed by atoms with Crippen LogP contribution < -0.4 is 5.43 Å². The number of non-ortho nitro benzene ring substituents is 1. The van der Waals surface area contributed by atoms with Crippen LogP contribution in [-0.2, 0) is 0 Å². The highest BCUT2D eigenvalue weighted by Gasteiger charge is 2.26. The normalized spacial score (nSPS) is 17.3. The molecule has 1 aliphatic carbocycles. The van der Waals surface area contributed by atoms with E-state index in [1.165, 1.54) is 48.1 Å². The molecule has 0 radical (unpaired) electrons. The third-order valence-electron chi connectivity index (χ3n) is 6.21. The third kappa shape index (κ3) is 9.14. The van der Waals surface area contributed by atoms with Crippen molar-refractivity contribution < 1.29 is 9.85 Å². The van der Waals surface area contributed by atoms with Gasteiger partial charge >= 0.3 is 5.69 Å². The minimum atomic E-state index is -0.685. The highest BCUT2D eigenvalue weighted by molar-refractivity contribution is 5.93. The van der Waals surface area contributed by atoms with E-state index in [4.69, 9.17) is 0 Å². The lowest BCUT2D eigenvalue weighted by Crippen LogP contribution is -2.19. The van der Waals surface area contributed by atoms with Gasteiger partial charge in [0.05, 0.1) is 21.6 Å². The summed E-state index contributed by atoms with van der Waals surface area (Å²) in [5, 5.41) is 26.2. The Balaban J connectivity index is 1.98. The van der Waals surface area contributed by atoms with Crippen molar-refractivity contribution in [3.63, 3.8) is 0 Å². The average molecular weight is 505 g/mol. The quantitative estimate of drug-likeness (QED) is 0.149. The highest BCUT2D eigenvalue weighted by atomic mass is 16.6. The lowest BCUT2D eigenvalue weighted by Gasteiger charge is -2.32. The van der Waals surface area contributed by atoms with Gasteiger partial charge in [0.2, 0.25) is 0 Å². The van der Waals surface area contributed by atoms with Gasteiger partial charge in [0.25, 0.3) is 5.69 Å². The Morgan fingerprint density at radius 3 is 2.27 bits per heavy atom. The first kappa shape index (κ1) is 29.2. The van der Waals surface area contributed by atoms with Crippen molar-refractivity contribution in [2.75, 3.05) is 5.43 Å². The second-order valence-electron chi connectivity index (χ2n) is 9.89. The summed E-state index contributed by atoms with van der Waals surface area (Å²) in [6, 6.07) is 3.36. The van der Waals surface area contributed by atoms with E-state index in [0.717, 1.165) is 11.6 Å². The summed E-state index contributed by atoms with van der Waals surface area (Å²) in [4.78, 5) is 20.7. The fourth-order valence-corrected chi connectivity index (χ4v) is 4.09. The predicted molar refractivity (Wildman–Crippen MR) is 152 cm³/mol. The maximum Gasteiger partial charge on any atom is 0.301 e. The minimum absolute atomic E-state index is 0.0766. The zero-order valence-corrected chi connectivity index (χ0v) is 22.4. The summed E-state index contributed by atoms with van der Waals surface area (Å²) < 4.78 is 0. The van der Waals surface area contributed by atoms with Gasteiger partial charge in [-0.15, -0.1) is 0 Å². The molecular formula is C29H36N4O4. The fourth-order valence-electron chi connectivity index (χ4n) is 4.09. The van der Waals surface area contributed by atoms with Crippen molar-refractivity contribution in [1.82, 2.24) is 0 Å². The zero-order valence-electron chi connectivity index (χ0n) is 22.4. The lowest BCUT2D eigenvalue weighted by molar-refractivity contribution is -0.393.